The molecule has 1 fully saturated rings. The Morgan fingerprint density at radius 3 is 2.27 bits per heavy atom. The standard InChI is InChI=1S/C10H22N2O3/c1-14-9-6-12(7-10(9)15-2)4-3-8(13)5-11/h8-10,13H,3-7,11H2,1-2H3. The predicted octanol–water partition coefficient (Wildman–Crippen LogP) is -0.958. The lowest BCUT2D eigenvalue weighted by Crippen LogP contribution is -2.29. The zero-order valence-electron chi connectivity index (χ0n) is 9.56. The molecule has 0 amide bonds. The SMILES string of the molecule is COC1CN(CCC(O)CN)CC1OC. The van der Waals surface area contributed by atoms with Crippen LogP contribution >= 0.6 is 0 Å². The van der Waals surface area contributed by atoms with Gasteiger partial charge >= 0.3 is 0 Å². The average Bonchev–Trinajstić information content (AvgIpc) is 2.68. The van der Waals surface area contributed by atoms with E-state index in [0.717, 1.165) is 19.6 Å². The molecule has 0 aromatic rings. The summed E-state index contributed by atoms with van der Waals surface area (Å²) in [5.74, 6) is 0. The number of nitrogens with zero attached hydrogens (tertiary/aromatic N) is 1. The predicted molar refractivity (Wildman–Crippen MR) is 57.7 cm³/mol. The van der Waals surface area contributed by atoms with Crippen molar-refractivity contribution >= 4 is 0 Å². The molecule has 1 aliphatic heterocycles. The lowest BCUT2D eigenvalue weighted by Gasteiger charge is -2.16. The van der Waals surface area contributed by atoms with Crippen LogP contribution in [0.1, 0.15) is 6.42 Å². The number of nitrogens with two attached hydrogens (primary N) is 1. The average molecular weight is 218 g/mol. The van der Waals surface area contributed by atoms with E-state index < -0.39 is 6.10 Å². The van der Waals surface area contributed by atoms with Gasteiger partial charge in [-0.2, -0.15) is 0 Å². The number of aliphatic hydroxyl groups is 1. The minimum absolute atomic E-state index is 0.144. The lowest BCUT2D eigenvalue weighted by molar-refractivity contribution is -0.00461. The second kappa shape index (κ2) is 6.40. The Bertz CT molecular complexity index is 168. The fraction of sp³-hybridized carbons (Fsp3) is 1.00. The van der Waals surface area contributed by atoms with E-state index >= 15 is 0 Å². The smallest absolute Gasteiger partial charge is 0.0971 e. The van der Waals surface area contributed by atoms with Crippen molar-refractivity contribution in [2.75, 3.05) is 40.4 Å². The molecule has 1 heterocycles. The third kappa shape index (κ3) is 3.70. The number of methoxy groups -OCH3 is 2. The van der Waals surface area contributed by atoms with Gasteiger partial charge in [0.1, 0.15) is 0 Å². The molecule has 3 atom stereocenters. The van der Waals surface area contributed by atoms with E-state index in [2.05, 4.69) is 4.90 Å². The molecule has 5 heteroatoms. The van der Waals surface area contributed by atoms with Crippen LogP contribution in [-0.2, 0) is 9.47 Å². The maximum absolute atomic E-state index is 9.35. The van der Waals surface area contributed by atoms with Gasteiger partial charge in [0.25, 0.3) is 0 Å². The molecule has 0 aromatic heterocycles. The molecule has 1 rings (SSSR count). The maximum Gasteiger partial charge on any atom is 0.0971 e. The molecular weight excluding hydrogens is 196 g/mol. The molecule has 90 valence electrons. The number of rotatable bonds is 6. The van der Waals surface area contributed by atoms with E-state index in [0.29, 0.717) is 13.0 Å². The van der Waals surface area contributed by atoms with E-state index in [9.17, 15) is 5.11 Å². The van der Waals surface area contributed by atoms with Crippen molar-refractivity contribution in [3.63, 3.8) is 0 Å². The van der Waals surface area contributed by atoms with Gasteiger partial charge < -0.3 is 20.3 Å². The number of aliphatic hydroxyl groups excluding tert-OH is 1. The van der Waals surface area contributed by atoms with Gasteiger partial charge in [-0.05, 0) is 6.42 Å². The Labute approximate surface area is 91.1 Å². The van der Waals surface area contributed by atoms with E-state index in [1.165, 1.54) is 0 Å². The minimum Gasteiger partial charge on any atom is -0.392 e. The second-order valence-corrected chi connectivity index (χ2v) is 3.99. The van der Waals surface area contributed by atoms with Gasteiger partial charge in [-0.3, -0.25) is 4.90 Å². The summed E-state index contributed by atoms with van der Waals surface area (Å²) < 4.78 is 10.6. The number of hydrogen-bond donors (Lipinski definition) is 2. The van der Waals surface area contributed by atoms with Crippen LogP contribution in [0, 0.1) is 0 Å². The van der Waals surface area contributed by atoms with Gasteiger partial charge in [-0.25, -0.2) is 0 Å². The van der Waals surface area contributed by atoms with Crippen LogP contribution in [0.2, 0.25) is 0 Å². The van der Waals surface area contributed by atoms with Crippen LogP contribution in [0.5, 0.6) is 0 Å². The Morgan fingerprint density at radius 2 is 1.87 bits per heavy atom. The summed E-state index contributed by atoms with van der Waals surface area (Å²) in [5, 5.41) is 9.35. The van der Waals surface area contributed by atoms with Gasteiger partial charge in [-0.15, -0.1) is 0 Å². The number of hydrogen-bond acceptors (Lipinski definition) is 5. The first kappa shape index (κ1) is 12.9. The topological polar surface area (TPSA) is 68.0 Å². The highest BCUT2D eigenvalue weighted by molar-refractivity contribution is 4.85. The summed E-state index contributed by atoms with van der Waals surface area (Å²) in [7, 11) is 3.41. The first-order chi connectivity index (χ1) is 7.21. The quantitative estimate of drug-likeness (QED) is 0.601. The first-order valence-electron chi connectivity index (χ1n) is 5.37. The van der Waals surface area contributed by atoms with Gasteiger partial charge in [0.05, 0.1) is 18.3 Å². The molecule has 3 N–H and O–H groups in total. The summed E-state index contributed by atoms with van der Waals surface area (Å²) in [6, 6.07) is 0. The maximum atomic E-state index is 9.35. The molecule has 5 nitrogen and oxygen atoms in total. The third-order valence-corrected chi connectivity index (χ3v) is 2.95. The zero-order valence-corrected chi connectivity index (χ0v) is 9.56. The summed E-state index contributed by atoms with van der Waals surface area (Å²) in [5.41, 5.74) is 5.35. The molecule has 0 saturated carbocycles. The third-order valence-electron chi connectivity index (χ3n) is 2.95. The van der Waals surface area contributed by atoms with Gasteiger partial charge in [0.15, 0.2) is 0 Å². The van der Waals surface area contributed by atoms with Crippen LogP contribution in [0.3, 0.4) is 0 Å². The highest BCUT2D eigenvalue weighted by Crippen LogP contribution is 2.15. The van der Waals surface area contributed by atoms with Gasteiger partial charge in [0.2, 0.25) is 0 Å². The van der Waals surface area contributed by atoms with Crippen molar-refractivity contribution < 1.29 is 14.6 Å². The Hall–Kier alpha value is -0.200. The fourth-order valence-electron chi connectivity index (χ4n) is 1.90. The normalized spacial score (nSPS) is 29.6. The lowest BCUT2D eigenvalue weighted by atomic mass is 10.2. The zero-order chi connectivity index (χ0) is 11.3. The Balaban J connectivity index is 2.27. The monoisotopic (exact) mass is 218 g/mol. The van der Waals surface area contributed by atoms with Crippen molar-refractivity contribution in [2.24, 2.45) is 5.73 Å². The number of ether oxygens (including phenoxy) is 2. The van der Waals surface area contributed by atoms with E-state index in [1.54, 1.807) is 14.2 Å². The van der Waals surface area contributed by atoms with Crippen LogP contribution in [-0.4, -0.2) is 68.7 Å². The highest BCUT2D eigenvalue weighted by Gasteiger charge is 2.32. The molecule has 0 spiro atoms. The van der Waals surface area contributed by atoms with Crippen molar-refractivity contribution in [1.82, 2.24) is 4.90 Å². The summed E-state index contributed by atoms with van der Waals surface area (Å²) in [4.78, 5) is 2.24. The van der Waals surface area contributed by atoms with Crippen LogP contribution in [0.25, 0.3) is 0 Å². The van der Waals surface area contributed by atoms with Crippen LogP contribution in [0.15, 0.2) is 0 Å². The minimum atomic E-state index is -0.396. The van der Waals surface area contributed by atoms with Crippen LogP contribution in [0.4, 0.5) is 0 Å². The molecule has 0 aromatic carbocycles. The molecular formula is C10H22N2O3. The van der Waals surface area contributed by atoms with Crippen molar-refractivity contribution in [3.05, 3.63) is 0 Å². The molecule has 0 bridgehead atoms. The summed E-state index contributed by atoms with van der Waals surface area (Å²) >= 11 is 0. The molecule has 15 heavy (non-hydrogen) atoms. The van der Waals surface area contributed by atoms with E-state index in [-0.39, 0.29) is 12.2 Å². The number of likely N-dealkylation sites (tertiary alicyclic amines) is 1. The second-order valence-electron chi connectivity index (χ2n) is 3.99. The molecule has 1 saturated heterocycles. The Kier molecular flexibility index (Phi) is 5.49. The van der Waals surface area contributed by atoms with Crippen molar-refractivity contribution in [2.45, 2.75) is 24.7 Å². The molecule has 3 unspecified atom stereocenters. The van der Waals surface area contributed by atoms with Gasteiger partial charge in [-0.1, -0.05) is 0 Å². The highest BCUT2D eigenvalue weighted by atomic mass is 16.5. The summed E-state index contributed by atoms with van der Waals surface area (Å²) in [6.45, 7) is 2.91. The largest absolute Gasteiger partial charge is 0.392 e. The Morgan fingerprint density at radius 1 is 1.33 bits per heavy atom. The first-order valence-corrected chi connectivity index (χ1v) is 5.37. The van der Waals surface area contributed by atoms with E-state index in [4.69, 9.17) is 15.2 Å². The summed E-state index contributed by atoms with van der Waals surface area (Å²) in [6.07, 6.45) is 0.603. The fourth-order valence-corrected chi connectivity index (χ4v) is 1.90. The van der Waals surface area contributed by atoms with Crippen molar-refractivity contribution in [1.29, 1.82) is 0 Å². The van der Waals surface area contributed by atoms with Crippen molar-refractivity contribution in [3.8, 4) is 0 Å². The van der Waals surface area contributed by atoms with E-state index in [1.807, 2.05) is 0 Å². The molecule has 0 aliphatic carbocycles. The molecule has 1 aliphatic rings. The van der Waals surface area contributed by atoms with Crippen LogP contribution < -0.4 is 5.73 Å². The van der Waals surface area contributed by atoms with Gasteiger partial charge in [0, 0.05) is 40.4 Å². The molecule has 0 radical (unpaired) electrons.